The highest BCUT2D eigenvalue weighted by Crippen LogP contribution is 2.42. The topological polar surface area (TPSA) is 181 Å². The fourth-order valence-corrected chi connectivity index (χ4v) is 6.04. The van der Waals surface area contributed by atoms with Crippen LogP contribution in [0.25, 0.3) is 0 Å². The number of Topliss-reactive ketones (excluding diaryl/α,β-unsaturated/α-hetero) is 2. The van der Waals surface area contributed by atoms with Crippen LogP contribution in [0, 0.1) is 22.7 Å². The summed E-state index contributed by atoms with van der Waals surface area (Å²) in [4.78, 5) is 52.1. The van der Waals surface area contributed by atoms with Crippen molar-refractivity contribution in [1.29, 1.82) is 10.5 Å². The van der Waals surface area contributed by atoms with Crippen molar-refractivity contribution in [2.45, 2.75) is 38.1 Å². The van der Waals surface area contributed by atoms with Crippen molar-refractivity contribution in [1.82, 2.24) is 0 Å². The summed E-state index contributed by atoms with van der Waals surface area (Å²) < 4.78 is 10.2. The van der Waals surface area contributed by atoms with Crippen LogP contribution in [0.4, 0.5) is 11.4 Å². The summed E-state index contributed by atoms with van der Waals surface area (Å²) >= 11 is 0. The minimum absolute atomic E-state index is 0.324. The number of amides is 2. The quantitative estimate of drug-likeness (QED) is 0.272. The smallest absolute Gasteiger partial charge is 0.259 e. The summed E-state index contributed by atoms with van der Waals surface area (Å²) in [5.74, 6) is -0.297. The molecule has 0 bridgehead atoms. The molecule has 0 saturated heterocycles. The van der Waals surface area contributed by atoms with Gasteiger partial charge in [-0.05, 0) is 110 Å². The zero-order valence-corrected chi connectivity index (χ0v) is 27.5. The first-order chi connectivity index (χ1) is 23.9. The Balaban J connectivity index is 0.000000194. The van der Waals surface area contributed by atoms with E-state index in [2.05, 4.69) is 0 Å². The number of nitrogens with zero attached hydrogens (tertiary/aromatic N) is 4. The average Bonchev–Trinajstić information content (AvgIpc) is 3.60. The number of carbonyl (C=O) groups is 4. The molecule has 2 aliphatic rings. The second kappa shape index (κ2) is 14.4. The molecule has 4 aromatic rings. The van der Waals surface area contributed by atoms with E-state index < -0.39 is 35.9 Å². The van der Waals surface area contributed by atoms with Crippen molar-refractivity contribution in [3.8, 4) is 23.6 Å². The van der Waals surface area contributed by atoms with Crippen LogP contribution in [0.5, 0.6) is 11.5 Å². The molecule has 252 valence electrons. The molecule has 12 heteroatoms. The molecule has 2 aliphatic heterocycles. The van der Waals surface area contributed by atoms with E-state index in [1.807, 2.05) is 12.1 Å². The van der Waals surface area contributed by atoms with E-state index in [0.29, 0.717) is 56.3 Å². The van der Waals surface area contributed by atoms with E-state index in [4.69, 9.17) is 20.0 Å². The van der Waals surface area contributed by atoms with Crippen LogP contribution in [0.15, 0.2) is 84.9 Å². The highest BCUT2D eigenvalue weighted by Gasteiger charge is 2.44. The van der Waals surface area contributed by atoms with E-state index in [1.165, 1.54) is 37.9 Å². The maximum Gasteiger partial charge on any atom is 0.259 e. The number of nitriles is 2. The van der Waals surface area contributed by atoms with Crippen LogP contribution in [-0.4, -0.2) is 60.0 Å². The summed E-state index contributed by atoms with van der Waals surface area (Å²) in [6, 6.07) is 25.1. The van der Waals surface area contributed by atoms with Gasteiger partial charge in [-0.15, -0.1) is 0 Å². The predicted molar refractivity (Wildman–Crippen MR) is 181 cm³/mol. The van der Waals surface area contributed by atoms with Crippen LogP contribution >= 0.6 is 0 Å². The zero-order chi connectivity index (χ0) is 36.3. The number of rotatable bonds is 8. The Labute approximate surface area is 287 Å². The Kier molecular flexibility index (Phi) is 10.1. The summed E-state index contributed by atoms with van der Waals surface area (Å²) in [6.07, 6.45) is -2.78. The first kappa shape index (κ1) is 35.0. The van der Waals surface area contributed by atoms with Crippen molar-refractivity contribution in [3.63, 3.8) is 0 Å². The normalized spacial score (nSPS) is 17.0. The van der Waals surface area contributed by atoms with E-state index >= 15 is 0 Å². The maximum absolute atomic E-state index is 12.9. The van der Waals surface area contributed by atoms with Gasteiger partial charge in [0.15, 0.2) is 11.6 Å². The number of aliphatic hydroxyl groups excluding tert-OH is 2. The number of aliphatic hydroxyl groups is 2. The van der Waals surface area contributed by atoms with Crippen LogP contribution < -0.4 is 19.3 Å². The van der Waals surface area contributed by atoms with E-state index in [9.17, 15) is 29.4 Å². The van der Waals surface area contributed by atoms with Gasteiger partial charge in [-0.2, -0.15) is 10.5 Å². The molecule has 50 heavy (non-hydrogen) atoms. The fourth-order valence-electron chi connectivity index (χ4n) is 6.04. The number of methoxy groups -OCH3 is 2. The molecule has 4 aromatic carbocycles. The van der Waals surface area contributed by atoms with Crippen molar-refractivity contribution in [2.24, 2.45) is 0 Å². The minimum Gasteiger partial charge on any atom is -0.497 e. The van der Waals surface area contributed by atoms with Gasteiger partial charge in [0.05, 0.1) is 49.6 Å². The van der Waals surface area contributed by atoms with Crippen molar-refractivity contribution in [2.75, 3.05) is 24.0 Å². The maximum atomic E-state index is 12.9. The summed E-state index contributed by atoms with van der Waals surface area (Å²) in [6.45, 7) is 2.54. The lowest BCUT2D eigenvalue weighted by molar-refractivity contribution is -0.126. The lowest BCUT2D eigenvalue weighted by Gasteiger charge is -2.28. The third kappa shape index (κ3) is 6.41. The van der Waals surface area contributed by atoms with Crippen molar-refractivity contribution < 1.29 is 38.9 Å². The number of benzene rings is 4. The Morgan fingerprint density at radius 3 is 1.26 bits per heavy atom. The molecular weight excluding hydrogens is 640 g/mol. The standard InChI is InChI=1S/2C19H16N2O4/c2*1-11(22)18(23)17-16-9-12(10-20)3-8-15(16)19(24)21(17)13-4-6-14(25-2)7-5-13/h2*3-9,17-18,23H,1-2H3/t2*17-,18-/m11/s1. The molecule has 6 rings (SSSR count). The fraction of sp³-hybridized carbons (Fsp3) is 0.211. The van der Waals surface area contributed by atoms with E-state index in [1.54, 1.807) is 84.9 Å². The highest BCUT2D eigenvalue weighted by atomic mass is 16.5. The molecule has 4 atom stereocenters. The third-order valence-corrected chi connectivity index (χ3v) is 8.59. The zero-order valence-electron chi connectivity index (χ0n) is 27.5. The summed E-state index contributed by atoms with van der Waals surface area (Å²) in [7, 11) is 3.08. The molecule has 0 unspecified atom stereocenters. The average molecular weight is 673 g/mol. The molecule has 0 radical (unpaired) electrons. The number of anilines is 2. The Morgan fingerprint density at radius 1 is 0.640 bits per heavy atom. The summed E-state index contributed by atoms with van der Waals surface area (Å²) in [5.41, 5.74) is 3.50. The molecule has 12 nitrogen and oxygen atoms in total. The number of carbonyl (C=O) groups excluding carboxylic acids is 4. The number of hydrogen-bond acceptors (Lipinski definition) is 10. The lowest BCUT2D eigenvalue weighted by Crippen LogP contribution is -2.38. The van der Waals surface area contributed by atoms with Gasteiger partial charge in [-0.1, -0.05) is 0 Å². The molecule has 0 aliphatic carbocycles. The number of fused-ring (bicyclic) bond motifs is 2. The third-order valence-electron chi connectivity index (χ3n) is 8.59. The second-order valence-corrected chi connectivity index (χ2v) is 11.6. The van der Waals surface area contributed by atoms with Crippen LogP contribution in [0.3, 0.4) is 0 Å². The molecule has 0 aromatic heterocycles. The monoisotopic (exact) mass is 672 g/mol. The van der Waals surface area contributed by atoms with Crippen molar-refractivity contribution in [3.05, 3.63) is 118 Å². The van der Waals surface area contributed by atoms with Gasteiger partial charge in [0.1, 0.15) is 23.7 Å². The van der Waals surface area contributed by atoms with Gasteiger partial charge in [-0.25, -0.2) is 0 Å². The highest BCUT2D eigenvalue weighted by molar-refractivity contribution is 6.13. The van der Waals surface area contributed by atoms with E-state index in [-0.39, 0.29) is 11.8 Å². The molecule has 0 saturated carbocycles. The Bertz CT molecular complexity index is 1920. The first-order valence-corrected chi connectivity index (χ1v) is 15.4. The molecular formula is C38H32N4O8. The van der Waals surface area contributed by atoms with Crippen LogP contribution in [0.1, 0.15) is 68.9 Å². The molecule has 0 spiro atoms. The molecule has 2 amide bonds. The first-order valence-electron chi connectivity index (χ1n) is 15.4. The SMILES string of the molecule is COc1ccc(N2C(=O)c3ccc(C#N)cc3[C@@H]2[C@H](O)C(C)=O)cc1.COc1ccc(N2C(=O)c3ccc(C#N)cc3[C@@H]2[C@H](O)C(C)=O)cc1. The second-order valence-electron chi connectivity index (χ2n) is 11.6. The number of ether oxygens (including phenoxy) is 2. The molecule has 2 heterocycles. The Hall–Kier alpha value is -6.34. The number of hydrogen-bond donors (Lipinski definition) is 2. The largest absolute Gasteiger partial charge is 0.497 e. The van der Waals surface area contributed by atoms with Gasteiger partial charge < -0.3 is 19.7 Å². The van der Waals surface area contributed by atoms with Crippen LogP contribution in [-0.2, 0) is 9.59 Å². The molecule has 0 fully saturated rings. The van der Waals surface area contributed by atoms with Gasteiger partial charge in [-0.3, -0.25) is 29.0 Å². The molecule has 2 N–H and O–H groups in total. The van der Waals surface area contributed by atoms with Gasteiger partial charge in [0.2, 0.25) is 0 Å². The van der Waals surface area contributed by atoms with Gasteiger partial charge in [0.25, 0.3) is 11.8 Å². The predicted octanol–water partition coefficient (Wildman–Crippen LogP) is 4.44. The van der Waals surface area contributed by atoms with E-state index in [0.717, 1.165) is 0 Å². The minimum atomic E-state index is -1.39. The summed E-state index contributed by atoms with van der Waals surface area (Å²) in [5, 5.41) is 39.1. The Morgan fingerprint density at radius 2 is 0.980 bits per heavy atom. The van der Waals surface area contributed by atoms with Gasteiger partial charge in [0, 0.05) is 22.5 Å². The van der Waals surface area contributed by atoms with Crippen LogP contribution in [0.2, 0.25) is 0 Å². The van der Waals surface area contributed by atoms with Crippen molar-refractivity contribution >= 4 is 34.8 Å². The lowest BCUT2D eigenvalue weighted by atomic mass is 9.96. The number of ketones is 2. The van der Waals surface area contributed by atoms with Gasteiger partial charge >= 0.3 is 0 Å².